The predicted octanol–water partition coefficient (Wildman–Crippen LogP) is 4.44. The molecule has 0 bridgehead atoms. The van der Waals surface area contributed by atoms with Crippen molar-refractivity contribution in [1.29, 1.82) is 0 Å². The molecule has 2 N–H and O–H groups in total. The van der Waals surface area contributed by atoms with Gasteiger partial charge in [-0.2, -0.15) is 0 Å². The van der Waals surface area contributed by atoms with E-state index in [9.17, 15) is 4.79 Å². The highest BCUT2D eigenvalue weighted by molar-refractivity contribution is 5.94. The Balaban J connectivity index is 0.00000300. The highest BCUT2D eigenvalue weighted by Crippen LogP contribution is 2.23. The van der Waals surface area contributed by atoms with Gasteiger partial charge in [-0.15, -0.1) is 12.4 Å². The lowest BCUT2D eigenvalue weighted by atomic mass is 10.0. The van der Waals surface area contributed by atoms with E-state index in [0.29, 0.717) is 24.3 Å². The number of methoxy groups -OCH3 is 1. The zero-order valence-electron chi connectivity index (χ0n) is 16.7. The lowest BCUT2D eigenvalue weighted by Gasteiger charge is -2.29. The van der Waals surface area contributed by atoms with Gasteiger partial charge in [0.25, 0.3) is 5.91 Å². The Labute approximate surface area is 177 Å². The number of amides is 1. The third-order valence-electron chi connectivity index (χ3n) is 4.80. The van der Waals surface area contributed by atoms with Crippen molar-refractivity contribution in [2.45, 2.75) is 32.5 Å². The van der Waals surface area contributed by atoms with Crippen molar-refractivity contribution in [1.82, 2.24) is 4.90 Å². The van der Waals surface area contributed by atoms with E-state index in [4.69, 9.17) is 14.9 Å². The molecule has 0 saturated carbocycles. The van der Waals surface area contributed by atoms with E-state index in [1.165, 1.54) is 6.26 Å². The van der Waals surface area contributed by atoms with Crippen LogP contribution in [-0.4, -0.2) is 24.0 Å². The molecule has 2 aromatic carbocycles. The van der Waals surface area contributed by atoms with Crippen LogP contribution < -0.4 is 10.5 Å². The largest absolute Gasteiger partial charge is 0.496 e. The average Bonchev–Trinajstić information content (AvgIpc) is 3.22. The first-order valence-electron chi connectivity index (χ1n) is 9.36. The zero-order valence-corrected chi connectivity index (χ0v) is 17.5. The third kappa shape index (κ3) is 5.62. The van der Waals surface area contributed by atoms with Gasteiger partial charge in [-0.25, -0.2) is 0 Å². The molecule has 0 spiro atoms. The quantitative estimate of drug-likeness (QED) is 0.591. The van der Waals surface area contributed by atoms with Crippen LogP contribution in [0.25, 0.3) is 0 Å². The van der Waals surface area contributed by atoms with Crippen LogP contribution in [-0.2, 0) is 19.5 Å². The summed E-state index contributed by atoms with van der Waals surface area (Å²) < 4.78 is 10.9. The molecule has 1 aromatic heterocycles. The molecular weight excluding hydrogens is 388 g/mol. The maximum atomic E-state index is 13.3. The molecule has 0 radical (unpaired) electrons. The Morgan fingerprint density at radius 1 is 1.14 bits per heavy atom. The van der Waals surface area contributed by atoms with Gasteiger partial charge < -0.3 is 19.8 Å². The molecule has 0 aliphatic carbocycles. The number of hydrogen-bond acceptors (Lipinski definition) is 4. The number of carbonyl (C=O) groups is 1. The Morgan fingerprint density at radius 2 is 1.83 bits per heavy atom. The molecule has 0 fully saturated rings. The van der Waals surface area contributed by atoms with E-state index in [1.807, 2.05) is 59.5 Å². The van der Waals surface area contributed by atoms with Crippen LogP contribution in [0.3, 0.4) is 0 Å². The van der Waals surface area contributed by atoms with E-state index in [0.717, 1.165) is 16.9 Å². The summed E-state index contributed by atoms with van der Waals surface area (Å²) >= 11 is 0. The van der Waals surface area contributed by atoms with Gasteiger partial charge in [-0.3, -0.25) is 4.79 Å². The van der Waals surface area contributed by atoms with Crippen molar-refractivity contribution in [2.24, 2.45) is 5.73 Å². The van der Waals surface area contributed by atoms with Crippen LogP contribution in [0.2, 0.25) is 0 Å². The van der Waals surface area contributed by atoms with Gasteiger partial charge in [-0.05, 0) is 36.6 Å². The fourth-order valence-corrected chi connectivity index (χ4v) is 3.27. The summed E-state index contributed by atoms with van der Waals surface area (Å²) in [5.41, 5.74) is 8.28. The normalized spacial score (nSPS) is 11.4. The maximum absolute atomic E-state index is 13.3. The van der Waals surface area contributed by atoms with Crippen molar-refractivity contribution in [2.75, 3.05) is 7.11 Å². The van der Waals surface area contributed by atoms with Crippen molar-refractivity contribution in [3.05, 3.63) is 89.4 Å². The Bertz CT molecular complexity index is 911. The summed E-state index contributed by atoms with van der Waals surface area (Å²) in [6.07, 6.45) is 2.17. The van der Waals surface area contributed by atoms with Crippen LogP contribution in [0.5, 0.6) is 5.75 Å². The molecule has 1 amide bonds. The molecule has 6 heteroatoms. The minimum Gasteiger partial charge on any atom is -0.496 e. The van der Waals surface area contributed by atoms with Crippen molar-refractivity contribution < 1.29 is 13.9 Å². The highest BCUT2D eigenvalue weighted by atomic mass is 35.5. The zero-order chi connectivity index (χ0) is 19.9. The van der Waals surface area contributed by atoms with Gasteiger partial charge in [0.05, 0.1) is 19.2 Å². The number of nitrogens with two attached hydrogens (primary N) is 1. The van der Waals surface area contributed by atoms with Gasteiger partial charge in [0.2, 0.25) is 0 Å². The van der Waals surface area contributed by atoms with Gasteiger partial charge in [0.1, 0.15) is 17.8 Å². The smallest absolute Gasteiger partial charge is 0.257 e. The average molecular weight is 415 g/mol. The fourth-order valence-electron chi connectivity index (χ4n) is 3.27. The summed E-state index contributed by atoms with van der Waals surface area (Å²) in [5.74, 6) is 1.35. The number of nitrogens with zero attached hydrogens (tertiary/aromatic N) is 1. The summed E-state index contributed by atoms with van der Waals surface area (Å²) in [7, 11) is 1.66. The molecule has 1 atom stereocenters. The van der Waals surface area contributed by atoms with E-state index < -0.39 is 0 Å². The Morgan fingerprint density at radius 3 is 2.48 bits per heavy atom. The van der Waals surface area contributed by atoms with Crippen molar-refractivity contribution in [3.63, 3.8) is 0 Å². The highest BCUT2D eigenvalue weighted by Gasteiger charge is 2.24. The maximum Gasteiger partial charge on any atom is 0.257 e. The molecule has 0 aliphatic heterocycles. The Kier molecular flexibility index (Phi) is 8.31. The molecule has 3 aromatic rings. The van der Waals surface area contributed by atoms with E-state index in [-0.39, 0.29) is 30.9 Å². The van der Waals surface area contributed by atoms with E-state index in [2.05, 4.69) is 6.92 Å². The lowest BCUT2D eigenvalue weighted by molar-refractivity contribution is 0.0674. The monoisotopic (exact) mass is 414 g/mol. The van der Waals surface area contributed by atoms with Crippen LogP contribution >= 0.6 is 12.4 Å². The van der Waals surface area contributed by atoms with Crippen LogP contribution in [0.1, 0.15) is 34.2 Å². The molecule has 0 aliphatic rings. The SMILES string of the molecule is COc1ccccc1CC(C)N(Cc1ccccc1)C(=O)c1coc(CN)c1.Cl. The first-order valence-corrected chi connectivity index (χ1v) is 9.36. The molecule has 29 heavy (non-hydrogen) atoms. The topological polar surface area (TPSA) is 68.7 Å². The molecule has 1 heterocycles. The number of furan rings is 1. The second kappa shape index (κ2) is 10.7. The summed E-state index contributed by atoms with van der Waals surface area (Å²) in [4.78, 5) is 15.1. The minimum absolute atomic E-state index is 0. The van der Waals surface area contributed by atoms with Crippen LogP contribution in [0.4, 0.5) is 0 Å². The Hall–Kier alpha value is -2.76. The summed E-state index contributed by atoms with van der Waals surface area (Å²) in [5, 5.41) is 0. The number of benzene rings is 2. The first-order chi connectivity index (χ1) is 13.6. The van der Waals surface area contributed by atoms with Gasteiger partial charge in [0, 0.05) is 12.6 Å². The number of halogens is 1. The number of hydrogen-bond donors (Lipinski definition) is 1. The van der Waals surface area contributed by atoms with E-state index >= 15 is 0 Å². The second-order valence-corrected chi connectivity index (χ2v) is 6.79. The van der Waals surface area contributed by atoms with Crippen LogP contribution in [0, 0.1) is 0 Å². The van der Waals surface area contributed by atoms with Gasteiger partial charge in [0.15, 0.2) is 0 Å². The van der Waals surface area contributed by atoms with Crippen molar-refractivity contribution in [3.8, 4) is 5.75 Å². The molecule has 5 nitrogen and oxygen atoms in total. The number of carbonyl (C=O) groups excluding carboxylic acids is 1. The fraction of sp³-hybridized carbons (Fsp3) is 0.261. The molecule has 3 rings (SSSR count). The summed E-state index contributed by atoms with van der Waals surface area (Å²) in [6, 6.07) is 19.6. The number of para-hydroxylation sites is 1. The van der Waals surface area contributed by atoms with Crippen molar-refractivity contribution >= 4 is 18.3 Å². The molecule has 1 unspecified atom stereocenters. The van der Waals surface area contributed by atoms with E-state index in [1.54, 1.807) is 13.2 Å². The summed E-state index contributed by atoms with van der Waals surface area (Å²) in [6.45, 7) is 2.83. The minimum atomic E-state index is -0.0744. The first kappa shape index (κ1) is 22.5. The lowest BCUT2D eigenvalue weighted by Crippen LogP contribution is -2.39. The number of rotatable bonds is 8. The van der Waals surface area contributed by atoms with Gasteiger partial charge >= 0.3 is 0 Å². The predicted molar refractivity (Wildman–Crippen MR) is 116 cm³/mol. The molecular formula is C23H27ClN2O3. The molecule has 0 saturated heterocycles. The van der Waals surface area contributed by atoms with Crippen LogP contribution in [0.15, 0.2) is 71.3 Å². The third-order valence-corrected chi connectivity index (χ3v) is 4.80. The molecule has 154 valence electrons. The second-order valence-electron chi connectivity index (χ2n) is 6.79. The standard InChI is InChI=1S/C23H26N2O3.ClH/c1-17(12-19-10-6-7-11-22(19)27-2)25(15-18-8-4-3-5-9-18)23(26)20-13-21(14-24)28-16-20;/h3-11,13,16-17H,12,14-15,24H2,1-2H3;1H. The number of ether oxygens (including phenoxy) is 1. The van der Waals surface area contributed by atoms with Gasteiger partial charge in [-0.1, -0.05) is 48.5 Å².